The van der Waals surface area contributed by atoms with Crippen LogP contribution in [0.3, 0.4) is 0 Å². The lowest BCUT2D eigenvalue weighted by Gasteiger charge is -2.28. The van der Waals surface area contributed by atoms with Gasteiger partial charge in [0, 0.05) is 18.4 Å². The maximum absolute atomic E-state index is 5.85. The number of pyridine rings is 1. The molecule has 0 aliphatic heterocycles. The van der Waals surface area contributed by atoms with E-state index in [1.165, 1.54) is 11.1 Å². The molecule has 0 aromatic carbocycles. The van der Waals surface area contributed by atoms with E-state index in [1.54, 1.807) is 0 Å². The van der Waals surface area contributed by atoms with Crippen molar-refractivity contribution in [3.8, 4) is 0 Å². The molecular formula is C12H20N2. The second-order valence-electron chi connectivity index (χ2n) is 4.76. The molecule has 78 valence electrons. The molecule has 0 aliphatic rings. The van der Waals surface area contributed by atoms with Crippen molar-refractivity contribution in [3.05, 3.63) is 29.6 Å². The summed E-state index contributed by atoms with van der Waals surface area (Å²) in [7, 11) is 0. The van der Waals surface area contributed by atoms with Gasteiger partial charge in [-0.1, -0.05) is 13.8 Å². The Bertz CT molecular complexity index is 303. The number of nitrogens with two attached hydrogens (primary N) is 1. The fraction of sp³-hybridized carbons (Fsp3) is 0.583. The van der Waals surface area contributed by atoms with Gasteiger partial charge >= 0.3 is 0 Å². The van der Waals surface area contributed by atoms with Crippen molar-refractivity contribution in [2.75, 3.05) is 0 Å². The van der Waals surface area contributed by atoms with E-state index in [1.807, 2.05) is 19.3 Å². The molecule has 0 saturated carbocycles. The molecule has 0 amide bonds. The Labute approximate surface area is 86.5 Å². The molecule has 1 rings (SSSR count). The minimum Gasteiger partial charge on any atom is -0.328 e. The highest BCUT2D eigenvalue weighted by atomic mass is 14.6. The number of rotatable bonds is 3. The summed E-state index contributed by atoms with van der Waals surface area (Å²) in [6.07, 6.45) is 4.78. The zero-order chi connectivity index (χ0) is 10.8. The molecule has 0 fully saturated rings. The Morgan fingerprint density at radius 3 is 2.64 bits per heavy atom. The quantitative estimate of drug-likeness (QED) is 0.798. The van der Waals surface area contributed by atoms with Gasteiger partial charge in [0.05, 0.1) is 0 Å². The van der Waals surface area contributed by atoms with Crippen molar-refractivity contribution in [1.29, 1.82) is 0 Å². The average Bonchev–Trinajstić information content (AvgIpc) is 2.02. The molecule has 1 atom stereocenters. The molecular weight excluding hydrogens is 172 g/mol. The highest BCUT2D eigenvalue weighted by Gasteiger charge is 2.23. The van der Waals surface area contributed by atoms with Crippen molar-refractivity contribution in [3.63, 3.8) is 0 Å². The number of hydrogen-bond acceptors (Lipinski definition) is 2. The summed E-state index contributed by atoms with van der Waals surface area (Å²) in [5.74, 6) is 0. The van der Waals surface area contributed by atoms with Crippen LogP contribution in [0, 0.1) is 6.92 Å². The van der Waals surface area contributed by atoms with Crippen molar-refractivity contribution < 1.29 is 0 Å². The molecule has 1 aromatic heterocycles. The molecule has 0 radical (unpaired) electrons. The largest absolute Gasteiger partial charge is 0.328 e. The fourth-order valence-electron chi connectivity index (χ4n) is 2.09. The molecule has 2 heteroatoms. The number of nitrogens with zero attached hydrogens (tertiary/aromatic N) is 1. The SMILES string of the molecule is Cc1ccncc1C(C)(C)CC(C)N. The first-order valence-electron chi connectivity index (χ1n) is 5.10. The van der Waals surface area contributed by atoms with E-state index in [4.69, 9.17) is 5.73 Å². The van der Waals surface area contributed by atoms with Crippen molar-refractivity contribution in [1.82, 2.24) is 4.98 Å². The van der Waals surface area contributed by atoms with Gasteiger partial charge in [0.25, 0.3) is 0 Å². The average molecular weight is 192 g/mol. The van der Waals surface area contributed by atoms with Gasteiger partial charge in [-0.15, -0.1) is 0 Å². The standard InChI is InChI=1S/C12H20N2/c1-9-5-6-14-8-11(9)12(3,4)7-10(2)13/h5-6,8,10H,7,13H2,1-4H3. The van der Waals surface area contributed by atoms with Gasteiger partial charge in [0.15, 0.2) is 0 Å². The number of hydrogen-bond donors (Lipinski definition) is 1. The fourth-order valence-corrected chi connectivity index (χ4v) is 2.09. The second kappa shape index (κ2) is 4.09. The number of aryl methyl sites for hydroxylation is 1. The first kappa shape index (κ1) is 11.2. The minimum absolute atomic E-state index is 0.118. The normalized spacial score (nSPS) is 14.1. The van der Waals surface area contributed by atoms with Crippen LogP contribution in [0.5, 0.6) is 0 Å². The van der Waals surface area contributed by atoms with E-state index < -0.39 is 0 Å². The van der Waals surface area contributed by atoms with Gasteiger partial charge < -0.3 is 5.73 Å². The third-order valence-corrected chi connectivity index (χ3v) is 2.60. The van der Waals surface area contributed by atoms with E-state index in [0.29, 0.717) is 0 Å². The molecule has 1 unspecified atom stereocenters. The van der Waals surface area contributed by atoms with Gasteiger partial charge in [-0.25, -0.2) is 0 Å². The number of aromatic nitrogens is 1. The van der Waals surface area contributed by atoms with Crippen LogP contribution >= 0.6 is 0 Å². The van der Waals surface area contributed by atoms with Gasteiger partial charge in [0.1, 0.15) is 0 Å². The predicted molar refractivity (Wildman–Crippen MR) is 60.3 cm³/mol. The molecule has 2 nitrogen and oxygen atoms in total. The Balaban J connectivity index is 2.97. The van der Waals surface area contributed by atoms with Crippen LogP contribution in [0.15, 0.2) is 18.5 Å². The van der Waals surface area contributed by atoms with Crippen molar-refractivity contribution in [2.45, 2.75) is 45.6 Å². The summed E-state index contributed by atoms with van der Waals surface area (Å²) in [6, 6.07) is 2.28. The van der Waals surface area contributed by atoms with E-state index >= 15 is 0 Å². The van der Waals surface area contributed by atoms with Gasteiger partial charge in [-0.2, -0.15) is 0 Å². The highest BCUT2D eigenvalue weighted by Crippen LogP contribution is 2.29. The first-order chi connectivity index (χ1) is 6.43. The third kappa shape index (κ3) is 2.55. The Hall–Kier alpha value is -0.890. The Morgan fingerprint density at radius 2 is 2.14 bits per heavy atom. The third-order valence-electron chi connectivity index (χ3n) is 2.60. The zero-order valence-corrected chi connectivity index (χ0v) is 9.54. The summed E-state index contributed by atoms with van der Waals surface area (Å²) < 4.78 is 0. The molecule has 0 saturated heterocycles. The summed E-state index contributed by atoms with van der Waals surface area (Å²) in [5.41, 5.74) is 8.56. The lowest BCUT2D eigenvalue weighted by Crippen LogP contribution is -2.28. The topological polar surface area (TPSA) is 38.9 Å². The second-order valence-corrected chi connectivity index (χ2v) is 4.76. The predicted octanol–water partition coefficient (Wildman–Crippen LogP) is 2.40. The van der Waals surface area contributed by atoms with Gasteiger partial charge in [0.2, 0.25) is 0 Å². The molecule has 0 aliphatic carbocycles. The lowest BCUT2D eigenvalue weighted by atomic mass is 9.78. The zero-order valence-electron chi connectivity index (χ0n) is 9.54. The summed E-state index contributed by atoms with van der Waals surface area (Å²) in [4.78, 5) is 4.18. The monoisotopic (exact) mass is 192 g/mol. The van der Waals surface area contributed by atoms with E-state index in [9.17, 15) is 0 Å². The van der Waals surface area contributed by atoms with Gasteiger partial charge in [-0.3, -0.25) is 4.98 Å². The summed E-state index contributed by atoms with van der Waals surface area (Å²) in [6.45, 7) is 8.62. The first-order valence-corrected chi connectivity index (χ1v) is 5.10. The van der Waals surface area contributed by atoms with E-state index in [-0.39, 0.29) is 11.5 Å². The maximum atomic E-state index is 5.85. The summed E-state index contributed by atoms with van der Waals surface area (Å²) >= 11 is 0. The van der Waals surface area contributed by atoms with E-state index in [0.717, 1.165) is 6.42 Å². The van der Waals surface area contributed by atoms with Crippen LogP contribution in [-0.2, 0) is 5.41 Å². The molecule has 0 spiro atoms. The van der Waals surface area contributed by atoms with Crippen LogP contribution in [0.4, 0.5) is 0 Å². The molecule has 2 N–H and O–H groups in total. The Morgan fingerprint density at radius 1 is 1.50 bits per heavy atom. The molecule has 1 heterocycles. The maximum Gasteiger partial charge on any atom is 0.0307 e. The Kier molecular flexibility index (Phi) is 3.27. The van der Waals surface area contributed by atoms with Crippen LogP contribution in [0.1, 0.15) is 38.3 Å². The van der Waals surface area contributed by atoms with Crippen molar-refractivity contribution >= 4 is 0 Å². The van der Waals surface area contributed by atoms with Crippen LogP contribution in [0.25, 0.3) is 0 Å². The van der Waals surface area contributed by atoms with Crippen LogP contribution in [0.2, 0.25) is 0 Å². The van der Waals surface area contributed by atoms with Crippen molar-refractivity contribution in [2.24, 2.45) is 5.73 Å². The van der Waals surface area contributed by atoms with Crippen LogP contribution < -0.4 is 5.73 Å². The smallest absolute Gasteiger partial charge is 0.0307 e. The lowest BCUT2D eigenvalue weighted by molar-refractivity contribution is 0.434. The van der Waals surface area contributed by atoms with E-state index in [2.05, 4.69) is 31.8 Å². The van der Waals surface area contributed by atoms with Gasteiger partial charge in [-0.05, 0) is 42.9 Å². The molecule has 1 aromatic rings. The molecule has 0 bridgehead atoms. The summed E-state index contributed by atoms with van der Waals surface area (Å²) in [5, 5.41) is 0. The molecule has 14 heavy (non-hydrogen) atoms. The minimum atomic E-state index is 0.118. The van der Waals surface area contributed by atoms with Crippen LogP contribution in [-0.4, -0.2) is 11.0 Å². The highest BCUT2D eigenvalue weighted by molar-refractivity contribution is 5.29.